The first-order valence-electron chi connectivity index (χ1n) is 9.60. The van der Waals surface area contributed by atoms with Crippen molar-refractivity contribution in [3.63, 3.8) is 0 Å². The average Bonchev–Trinajstić information content (AvgIpc) is 3.36. The van der Waals surface area contributed by atoms with E-state index in [4.69, 9.17) is 25.0 Å². The van der Waals surface area contributed by atoms with E-state index in [9.17, 15) is 14.0 Å². The molecule has 11 heteroatoms. The van der Waals surface area contributed by atoms with Crippen molar-refractivity contribution in [1.29, 1.82) is 5.41 Å². The standard InChI is InChI=1S/C22H22FN5O5/c1-31-17-10-14(15(23)11-18(17)32-2)19(26-13-7-5-12(6-8-13)20(24)25)22(30)28-27-21(29)16-4-3-9-33-16/h3-11,19,26H,1-2H3,(H3,24,25)(H,27,29)(H,28,30). The van der Waals surface area contributed by atoms with Crippen molar-refractivity contribution < 1.29 is 27.9 Å². The van der Waals surface area contributed by atoms with E-state index in [1.54, 1.807) is 24.3 Å². The third-order valence-electron chi connectivity index (χ3n) is 4.63. The molecule has 1 unspecified atom stereocenters. The summed E-state index contributed by atoms with van der Waals surface area (Å²) in [5, 5.41) is 10.4. The van der Waals surface area contributed by atoms with Gasteiger partial charge in [0.2, 0.25) is 0 Å². The van der Waals surface area contributed by atoms with E-state index in [1.807, 2.05) is 0 Å². The summed E-state index contributed by atoms with van der Waals surface area (Å²) in [4.78, 5) is 25.1. The van der Waals surface area contributed by atoms with Crippen molar-refractivity contribution in [1.82, 2.24) is 10.9 Å². The van der Waals surface area contributed by atoms with Crippen LogP contribution in [0.25, 0.3) is 0 Å². The first-order valence-corrected chi connectivity index (χ1v) is 9.60. The molecule has 0 saturated carbocycles. The number of rotatable bonds is 8. The van der Waals surface area contributed by atoms with E-state index in [-0.39, 0.29) is 28.7 Å². The number of anilines is 1. The van der Waals surface area contributed by atoms with Gasteiger partial charge in [-0.1, -0.05) is 0 Å². The summed E-state index contributed by atoms with van der Waals surface area (Å²) in [7, 11) is 2.74. The number of amidine groups is 1. The van der Waals surface area contributed by atoms with Crippen molar-refractivity contribution in [2.75, 3.05) is 19.5 Å². The Balaban J connectivity index is 1.91. The van der Waals surface area contributed by atoms with Crippen molar-refractivity contribution in [3.05, 3.63) is 77.5 Å². The number of hydrazine groups is 1. The summed E-state index contributed by atoms with van der Waals surface area (Å²) in [6.45, 7) is 0. The zero-order valence-electron chi connectivity index (χ0n) is 17.8. The van der Waals surface area contributed by atoms with Crippen LogP contribution in [0.15, 0.2) is 59.2 Å². The van der Waals surface area contributed by atoms with Gasteiger partial charge in [-0.15, -0.1) is 0 Å². The smallest absolute Gasteiger partial charge is 0.305 e. The fourth-order valence-electron chi connectivity index (χ4n) is 2.95. The lowest BCUT2D eigenvalue weighted by atomic mass is 10.0. The lowest BCUT2D eigenvalue weighted by molar-refractivity contribution is -0.122. The van der Waals surface area contributed by atoms with Crippen LogP contribution in [0.3, 0.4) is 0 Å². The van der Waals surface area contributed by atoms with Crippen LogP contribution in [0.2, 0.25) is 0 Å². The minimum atomic E-state index is -1.29. The van der Waals surface area contributed by atoms with E-state index >= 15 is 0 Å². The van der Waals surface area contributed by atoms with E-state index in [0.29, 0.717) is 11.3 Å². The Morgan fingerprint density at radius 3 is 2.30 bits per heavy atom. The average molecular weight is 455 g/mol. The number of benzene rings is 2. The lowest BCUT2D eigenvalue weighted by Crippen LogP contribution is -2.45. The Morgan fingerprint density at radius 1 is 1.06 bits per heavy atom. The highest BCUT2D eigenvalue weighted by atomic mass is 19.1. The second kappa shape index (κ2) is 10.2. The Morgan fingerprint density at radius 2 is 1.73 bits per heavy atom. The first kappa shape index (κ1) is 23.1. The van der Waals surface area contributed by atoms with Crippen molar-refractivity contribution in [3.8, 4) is 11.5 Å². The normalized spacial score (nSPS) is 11.2. The maximum absolute atomic E-state index is 15.0. The molecule has 10 nitrogen and oxygen atoms in total. The Bertz CT molecular complexity index is 1150. The van der Waals surface area contributed by atoms with Crippen LogP contribution in [0.4, 0.5) is 10.1 Å². The van der Waals surface area contributed by atoms with Crippen LogP contribution >= 0.6 is 0 Å². The zero-order chi connectivity index (χ0) is 24.0. The molecule has 1 aromatic heterocycles. The molecule has 3 aromatic rings. The number of nitrogen functional groups attached to an aromatic ring is 1. The van der Waals surface area contributed by atoms with Crippen molar-refractivity contribution in [2.24, 2.45) is 5.73 Å². The first-order chi connectivity index (χ1) is 15.8. The molecule has 6 N–H and O–H groups in total. The second-order valence-corrected chi connectivity index (χ2v) is 6.72. The highest BCUT2D eigenvalue weighted by molar-refractivity contribution is 5.96. The molecule has 33 heavy (non-hydrogen) atoms. The zero-order valence-corrected chi connectivity index (χ0v) is 17.8. The summed E-state index contributed by atoms with van der Waals surface area (Å²) in [6, 6.07) is 10.4. The number of carbonyl (C=O) groups excluding carboxylic acids is 2. The van der Waals surface area contributed by atoms with Gasteiger partial charge in [0.1, 0.15) is 17.7 Å². The van der Waals surface area contributed by atoms with E-state index in [2.05, 4.69) is 16.2 Å². The van der Waals surface area contributed by atoms with Gasteiger partial charge in [-0.05, 0) is 42.5 Å². The van der Waals surface area contributed by atoms with Crippen molar-refractivity contribution in [2.45, 2.75) is 6.04 Å². The van der Waals surface area contributed by atoms with Gasteiger partial charge in [0.15, 0.2) is 17.3 Å². The fraction of sp³-hybridized carbons (Fsp3) is 0.136. The number of hydrogen-bond donors (Lipinski definition) is 5. The van der Waals surface area contributed by atoms with Gasteiger partial charge in [0.25, 0.3) is 5.91 Å². The summed E-state index contributed by atoms with van der Waals surface area (Å²) in [6.07, 6.45) is 1.31. The molecule has 0 radical (unpaired) electrons. The SMILES string of the molecule is COc1cc(F)c(C(Nc2ccc(C(=N)N)cc2)C(=O)NNC(=O)c2ccco2)cc1OC. The highest BCUT2D eigenvalue weighted by Crippen LogP contribution is 2.33. The molecule has 2 aromatic carbocycles. The van der Waals surface area contributed by atoms with E-state index in [1.165, 1.54) is 38.7 Å². The topological polar surface area (TPSA) is 152 Å². The van der Waals surface area contributed by atoms with Gasteiger partial charge in [0.05, 0.1) is 20.5 Å². The number of halogens is 1. The maximum Gasteiger partial charge on any atom is 0.305 e. The number of amides is 2. The van der Waals surface area contributed by atoms with Crippen LogP contribution in [0, 0.1) is 11.2 Å². The Hall–Kier alpha value is -4.54. The summed E-state index contributed by atoms with van der Waals surface area (Å²) in [5.41, 5.74) is 10.8. The Labute approximate surface area is 188 Å². The number of methoxy groups -OCH3 is 2. The molecular formula is C22H22FN5O5. The molecule has 0 aliphatic rings. The monoisotopic (exact) mass is 455 g/mol. The molecule has 172 valence electrons. The van der Waals surface area contributed by atoms with Crippen LogP contribution in [0.1, 0.15) is 27.7 Å². The van der Waals surface area contributed by atoms with Gasteiger partial charge in [0, 0.05) is 22.9 Å². The highest BCUT2D eigenvalue weighted by Gasteiger charge is 2.27. The molecule has 0 aliphatic heterocycles. The molecule has 3 rings (SSSR count). The summed E-state index contributed by atoms with van der Waals surface area (Å²) >= 11 is 0. The Kier molecular flexibility index (Phi) is 7.13. The second-order valence-electron chi connectivity index (χ2n) is 6.72. The molecule has 0 spiro atoms. The molecule has 0 aliphatic carbocycles. The van der Waals surface area contributed by atoms with E-state index < -0.39 is 23.7 Å². The van der Waals surface area contributed by atoms with Gasteiger partial charge in [-0.25, -0.2) is 4.39 Å². The number of furan rings is 1. The van der Waals surface area contributed by atoms with Crippen LogP contribution in [-0.4, -0.2) is 31.9 Å². The molecule has 0 fully saturated rings. The maximum atomic E-state index is 15.0. The molecule has 2 amide bonds. The number of hydrogen-bond acceptors (Lipinski definition) is 7. The quantitative estimate of drug-likeness (QED) is 0.199. The molecule has 0 saturated heterocycles. The van der Waals surface area contributed by atoms with Gasteiger partial charge < -0.3 is 24.9 Å². The molecular weight excluding hydrogens is 433 g/mol. The molecule has 1 atom stereocenters. The van der Waals surface area contributed by atoms with Crippen molar-refractivity contribution >= 4 is 23.3 Å². The van der Waals surface area contributed by atoms with Gasteiger partial charge in [-0.2, -0.15) is 0 Å². The predicted octanol–water partition coefficient (Wildman–Crippen LogP) is 2.33. The minimum absolute atomic E-state index is 0.0167. The van der Waals surface area contributed by atoms with Crippen LogP contribution in [-0.2, 0) is 4.79 Å². The van der Waals surface area contributed by atoms with Crippen LogP contribution < -0.4 is 31.4 Å². The third kappa shape index (κ3) is 5.39. The molecule has 0 bridgehead atoms. The summed E-state index contributed by atoms with van der Waals surface area (Å²) in [5.74, 6) is -1.98. The third-order valence-corrected chi connectivity index (χ3v) is 4.63. The number of carbonyl (C=O) groups is 2. The number of nitrogens with one attached hydrogen (secondary N) is 4. The molecule has 1 heterocycles. The number of nitrogens with two attached hydrogens (primary N) is 1. The largest absolute Gasteiger partial charge is 0.493 e. The van der Waals surface area contributed by atoms with Gasteiger partial charge in [-0.3, -0.25) is 25.8 Å². The predicted molar refractivity (Wildman–Crippen MR) is 118 cm³/mol. The van der Waals surface area contributed by atoms with Crippen LogP contribution in [0.5, 0.6) is 11.5 Å². The summed E-state index contributed by atoms with van der Waals surface area (Å²) < 4.78 is 30.3. The van der Waals surface area contributed by atoms with E-state index in [0.717, 1.165) is 6.07 Å². The number of ether oxygens (including phenoxy) is 2. The fourth-order valence-corrected chi connectivity index (χ4v) is 2.95. The van der Waals surface area contributed by atoms with Gasteiger partial charge >= 0.3 is 5.91 Å². The minimum Gasteiger partial charge on any atom is -0.493 e. The lowest BCUT2D eigenvalue weighted by Gasteiger charge is -2.22.